The van der Waals surface area contributed by atoms with Crippen LogP contribution in [0.2, 0.25) is 0 Å². The summed E-state index contributed by atoms with van der Waals surface area (Å²) in [5, 5.41) is 0. The zero-order valence-corrected chi connectivity index (χ0v) is 11.4. The Balaban J connectivity index is 2.72. The van der Waals surface area contributed by atoms with E-state index >= 15 is 0 Å². The molecule has 0 bridgehead atoms. The molecule has 18 heavy (non-hydrogen) atoms. The van der Waals surface area contributed by atoms with Crippen molar-refractivity contribution < 1.29 is 4.74 Å². The van der Waals surface area contributed by atoms with Gasteiger partial charge in [0, 0.05) is 12.3 Å². The highest BCUT2D eigenvalue weighted by atomic mass is 35.5. The lowest BCUT2D eigenvalue weighted by molar-refractivity contribution is 0.115. The van der Waals surface area contributed by atoms with Gasteiger partial charge in [-0.15, -0.1) is 11.6 Å². The second-order valence-corrected chi connectivity index (χ2v) is 4.27. The van der Waals surface area contributed by atoms with Crippen molar-refractivity contribution in [3.8, 4) is 0 Å². The fourth-order valence-corrected chi connectivity index (χ4v) is 1.79. The summed E-state index contributed by atoms with van der Waals surface area (Å²) in [7, 11) is 0. The first kappa shape index (κ1) is 14.6. The molecule has 0 saturated carbocycles. The van der Waals surface area contributed by atoms with Crippen LogP contribution in [-0.4, -0.2) is 5.88 Å². The van der Waals surface area contributed by atoms with Crippen LogP contribution in [0.25, 0.3) is 0 Å². The number of allylic oxidation sites excluding steroid dienone is 5. The molecule has 1 aromatic carbocycles. The van der Waals surface area contributed by atoms with Crippen LogP contribution in [0.5, 0.6) is 0 Å². The third kappa shape index (κ3) is 5.24. The molecule has 0 unspecified atom stereocenters. The highest BCUT2D eigenvalue weighted by Gasteiger charge is 2.11. The minimum atomic E-state index is 0.0112. The Morgan fingerprint density at radius 2 is 2.06 bits per heavy atom. The molecule has 0 aliphatic rings. The van der Waals surface area contributed by atoms with E-state index in [2.05, 4.69) is 18.7 Å². The number of hydrogen-bond donors (Lipinski definition) is 0. The first-order chi connectivity index (χ1) is 8.77. The standard InChI is InChI=1S/C16H19ClO/c1-3-4-6-9-14(2)18-16(12-13-17)15-10-7-5-8-11-15/h3-11,16H,1,12-13H2,2H3/b6-4-,14-9+/t16-/m1/s1. The molecule has 0 heterocycles. The topological polar surface area (TPSA) is 9.23 Å². The largest absolute Gasteiger partial charge is 0.490 e. The van der Waals surface area contributed by atoms with Crippen molar-refractivity contribution in [3.05, 3.63) is 72.5 Å². The van der Waals surface area contributed by atoms with Gasteiger partial charge in [-0.3, -0.25) is 0 Å². The molecule has 0 aliphatic heterocycles. The lowest BCUT2D eigenvalue weighted by atomic mass is 10.1. The Kier molecular flexibility index (Phi) is 6.97. The van der Waals surface area contributed by atoms with Gasteiger partial charge in [0.1, 0.15) is 6.10 Å². The molecule has 0 saturated heterocycles. The van der Waals surface area contributed by atoms with Crippen LogP contribution in [0.3, 0.4) is 0 Å². The van der Waals surface area contributed by atoms with E-state index in [9.17, 15) is 0 Å². The molecule has 96 valence electrons. The van der Waals surface area contributed by atoms with Crippen molar-refractivity contribution >= 4 is 11.6 Å². The highest BCUT2D eigenvalue weighted by molar-refractivity contribution is 6.17. The lowest BCUT2D eigenvalue weighted by Gasteiger charge is -2.18. The molecule has 0 fully saturated rings. The third-order valence-corrected chi connectivity index (χ3v) is 2.67. The molecule has 1 aromatic rings. The van der Waals surface area contributed by atoms with Crippen molar-refractivity contribution in [1.82, 2.24) is 0 Å². The van der Waals surface area contributed by atoms with Crippen LogP contribution in [0, 0.1) is 0 Å². The zero-order valence-electron chi connectivity index (χ0n) is 10.7. The van der Waals surface area contributed by atoms with E-state index in [0.717, 1.165) is 17.7 Å². The van der Waals surface area contributed by atoms with Gasteiger partial charge in [0.25, 0.3) is 0 Å². The molecule has 0 aromatic heterocycles. The third-order valence-electron chi connectivity index (χ3n) is 2.45. The highest BCUT2D eigenvalue weighted by Crippen LogP contribution is 2.24. The molecule has 2 heteroatoms. The maximum absolute atomic E-state index is 5.91. The fourth-order valence-electron chi connectivity index (χ4n) is 1.59. The Hall–Kier alpha value is -1.47. The summed E-state index contributed by atoms with van der Waals surface area (Å²) in [6.45, 7) is 5.56. The van der Waals surface area contributed by atoms with E-state index in [1.165, 1.54) is 0 Å². The minimum absolute atomic E-state index is 0.0112. The van der Waals surface area contributed by atoms with Crippen LogP contribution < -0.4 is 0 Å². The predicted molar refractivity (Wildman–Crippen MR) is 78.7 cm³/mol. The number of halogens is 1. The van der Waals surface area contributed by atoms with Gasteiger partial charge in [-0.1, -0.05) is 55.1 Å². The Morgan fingerprint density at radius 3 is 2.67 bits per heavy atom. The Morgan fingerprint density at radius 1 is 1.33 bits per heavy atom. The van der Waals surface area contributed by atoms with Gasteiger partial charge in [0.15, 0.2) is 0 Å². The quantitative estimate of drug-likeness (QED) is 0.381. The Bertz CT molecular complexity index is 406. The van der Waals surface area contributed by atoms with E-state index in [-0.39, 0.29) is 6.10 Å². The van der Waals surface area contributed by atoms with Crippen LogP contribution in [0.15, 0.2) is 67.0 Å². The molecule has 0 spiro atoms. The van der Waals surface area contributed by atoms with Crippen molar-refractivity contribution in [2.24, 2.45) is 0 Å². The monoisotopic (exact) mass is 262 g/mol. The average Bonchev–Trinajstić information content (AvgIpc) is 2.39. The molecular formula is C16H19ClO. The van der Waals surface area contributed by atoms with Crippen molar-refractivity contribution in [2.45, 2.75) is 19.4 Å². The van der Waals surface area contributed by atoms with E-state index in [4.69, 9.17) is 16.3 Å². The maximum Gasteiger partial charge on any atom is 0.124 e. The van der Waals surface area contributed by atoms with E-state index in [0.29, 0.717) is 5.88 Å². The number of alkyl halides is 1. The fraction of sp³-hybridized carbons (Fsp3) is 0.250. The predicted octanol–water partition coefficient (Wildman–Crippen LogP) is 5.02. The average molecular weight is 263 g/mol. The van der Waals surface area contributed by atoms with Gasteiger partial charge in [-0.2, -0.15) is 0 Å². The zero-order chi connectivity index (χ0) is 13.2. The van der Waals surface area contributed by atoms with Crippen LogP contribution in [0.1, 0.15) is 25.0 Å². The molecule has 1 rings (SSSR count). The van der Waals surface area contributed by atoms with Crippen molar-refractivity contribution in [1.29, 1.82) is 0 Å². The van der Waals surface area contributed by atoms with E-state index in [1.807, 2.05) is 43.4 Å². The van der Waals surface area contributed by atoms with Gasteiger partial charge in [-0.25, -0.2) is 0 Å². The van der Waals surface area contributed by atoms with E-state index < -0.39 is 0 Å². The summed E-state index contributed by atoms with van der Waals surface area (Å²) in [6.07, 6.45) is 8.24. The molecule has 0 N–H and O–H groups in total. The first-order valence-electron chi connectivity index (χ1n) is 6.01. The van der Waals surface area contributed by atoms with Crippen molar-refractivity contribution in [2.75, 3.05) is 5.88 Å². The summed E-state index contributed by atoms with van der Waals surface area (Å²) in [4.78, 5) is 0. The molecule has 0 amide bonds. The molecule has 1 nitrogen and oxygen atoms in total. The van der Waals surface area contributed by atoms with Gasteiger partial charge in [0.2, 0.25) is 0 Å². The smallest absolute Gasteiger partial charge is 0.124 e. The molecule has 1 atom stereocenters. The molecule has 0 aliphatic carbocycles. The van der Waals surface area contributed by atoms with E-state index in [1.54, 1.807) is 6.08 Å². The SMILES string of the molecule is C=C/C=C\C=C(/C)O[C@H](CCCl)c1ccccc1. The van der Waals surface area contributed by atoms with Gasteiger partial charge < -0.3 is 4.74 Å². The lowest BCUT2D eigenvalue weighted by Crippen LogP contribution is -2.04. The maximum atomic E-state index is 5.91. The van der Waals surface area contributed by atoms with Gasteiger partial charge >= 0.3 is 0 Å². The van der Waals surface area contributed by atoms with Crippen LogP contribution >= 0.6 is 11.6 Å². The van der Waals surface area contributed by atoms with Gasteiger partial charge in [-0.05, 0) is 18.6 Å². The second kappa shape index (κ2) is 8.60. The normalized spacial score (nSPS) is 13.6. The summed E-state index contributed by atoms with van der Waals surface area (Å²) in [6, 6.07) is 10.1. The number of hydrogen-bond acceptors (Lipinski definition) is 1. The van der Waals surface area contributed by atoms with Crippen LogP contribution in [0.4, 0.5) is 0 Å². The second-order valence-electron chi connectivity index (χ2n) is 3.89. The summed E-state index contributed by atoms with van der Waals surface area (Å²) in [5.41, 5.74) is 1.15. The number of ether oxygens (including phenoxy) is 1. The van der Waals surface area contributed by atoms with Crippen molar-refractivity contribution in [3.63, 3.8) is 0 Å². The van der Waals surface area contributed by atoms with Gasteiger partial charge in [0.05, 0.1) is 5.76 Å². The van der Waals surface area contributed by atoms with Crippen LogP contribution in [-0.2, 0) is 4.74 Å². The number of benzene rings is 1. The first-order valence-corrected chi connectivity index (χ1v) is 6.55. The Labute approximate surface area is 114 Å². The molecular weight excluding hydrogens is 244 g/mol. The molecule has 0 radical (unpaired) electrons. The minimum Gasteiger partial charge on any atom is -0.490 e. The number of rotatable bonds is 7. The summed E-state index contributed by atoms with van der Waals surface area (Å²) in [5.74, 6) is 1.45. The summed E-state index contributed by atoms with van der Waals surface area (Å²) >= 11 is 5.83. The summed E-state index contributed by atoms with van der Waals surface area (Å²) < 4.78 is 5.91.